The van der Waals surface area contributed by atoms with Crippen molar-refractivity contribution < 1.29 is 0 Å². The molecule has 1 rings (SSSR count). The molecule has 0 aromatic carbocycles. The zero-order valence-electron chi connectivity index (χ0n) is 12.3. The molecule has 0 saturated heterocycles. The molecule has 17 heavy (non-hydrogen) atoms. The highest BCUT2D eigenvalue weighted by molar-refractivity contribution is 4.98. The van der Waals surface area contributed by atoms with E-state index in [-0.39, 0.29) is 0 Å². The van der Waals surface area contributed by atoms with Crippen LogP contribution < -0.4 is 5.32 Å². The van der Waals surface area contributed by atoms with E-state index in [2.05, 4.69) is 39.7 Å². The van der Waals surface area contributed by atoms with Gasteiger partial charge in [0.1, 0.15) is 0 Å². The van der Waals surface area contributed by atoms with Gasteiger partial charge in [-0.05, 0) is 63.3 Å². The largest absolute Gasteiger partial charge is 0.316 e. The molecule has 1 N–H and O–H groups in total. The van der Waals surface area contributed by atoms with Crippen LogP contribution >= 0.6 is 0 Å². The minimum atomic E-state index is 0.663. The Labute approximate surface area is 108 Å². The third-order valence-corrected chi connectivity index (χ3v) is 4.71. The Bertz CT molecular complexity index is 224. The topological polar surface area (TPSA) is 12.0 Å². The summed E-state index contributed by atoms with van der Waals surface area (Å²) in [4.78, 5) is 0. The minimum Gasteiger partial charge on any atom is -0.316 e. The van der Waals surface area contributed by atoms with Gasteiger partial charge in [0, 0.05) is 6.04 Å². The van der Waals surface area contributed by atoms with Crippen molar-refractivity contribution in [3.05, 3.63) is 12.2 Å². The molecule has 0 amide bonds. The van der Waals surface area contributed by atoms with Crippen molar-refractivity contribution in [1.82, 2.24) is 5.32 Å². The number of hydrogen-bond acceptors (Lipinski definition) is 1. The smallest absolute Gasteiger partial charge is 0.0129 e. The number of rotatable bonds is 6. The van der Waals surface area contributed by atoms with Crippen molar-refractivity contribution in [3.8, 4) is 0 Å². The van der Waals surface area contributed by atoms with Gasteiger partial charge >= 0.3 is 0 Å². The van der Waals surface area contributed by atoms with Crippen LogP contribution in [0.1, 0.15) is 59.3 Å². The van der Waals surface area contributed by atoms with E-state index in [4.69, 9.17) is 0 Å². The maximum Gasteiger partial charge on any atom is 0.0129 e. The fourth-order valence-corrected chi connectivity index (χ4v) is 3.17. The van der Waals surface area contributed by atoms with Gasteiger partial charge in [-0.2, -0.15) is 0 Å². The third kappa shape index (κ3) is 4.46. The van der Waals surface area contributed by atoms with E-state index in [1.54, 1.807) is 0 Å². The second kappa shape index (κ2) is 7.20. The molecule has 1 nitrogen and oxygen atoms in total. The summed E-state index contributed by atoms with van der Waals surface area (Å²) < 4.78 is 0. The molecular weight excluding hydrogens is 206 g/mol. The lowest BCUT2D eigenvalue weighted by molar-refractivity contribution is 0.191. The van der Waals surface area contributed by atoms with E-state index in [0.717, 1.165) is 24.2 Å². The Morgan fingerprint density at radius 2 is 1.71 bits per heavy atom. The average Bonchev–Trinajstić information content (AvgIpc) is 2.35. The Morgan fingerprint density at radius 3 is 2.12 bits per heavy atom. The van der Waals surface area contributed by atoms with E-state index in [9.17, 15) is 0 Å². The average molecular weight is 237 g/mol. The molecule has 1 unspecified atom stereocenters. The van der Waals surface area contributed by atoms with Crippen molar-refractivity contribution >= 4 is 0 Å². The Kier molecular flexibility index (Phi) is 6.26. The zero-order valence-corrected chi connectivity index (χ0v) is 12.3. The first-order valence-corrected chi connectivity index (χ1v) is 7.42. The first-order chi connectivity index (χ1) is 8.08. The molecular formula is C16H31N. The van der Waals surface area contributed by atoms with Gasteiger partial charge in [0.25, 0.3) is 0 Å². The molecule has 100 valence electrons. The van der Waals surface area contributed by atoms with Crippen LogP contribution in [-0.2, 0) is 0 Å². The number of hydrogen-bond donors (Lipinski definition) is 1. The van der Waals surface area contributed by atoms with Gasteiger partial charge in [0.15, 0.2) is 0 Å². The van der Waals surface area contributed by atoms with E-state index in [1.165, 1.54) is 37.7 Å². The minimum absolute atomic E-state index is 0.663. The van der Waals surface area contributed by atoms with E-state index in [0.29, 0.717) is 6.04 Å². The molecule has 1 atom stereocenters. The van der Waals surface area contributed by atoms with Crippen LogP contribution in [0.2, 0.25) is 0 Å². The lowest BCUT2D eigenvalue weighted by Crippen LogP contribution is -2.36. The fourth-order valence-electron chi connectivity index (χ4n) is 3.17. The predicted octanol–water partition coefficient (Wildman–Crippen LogP) is 4.39. The quantitative estimate of drug-likeness (QED) is 0.675. The van der Waals surface area contributed by atoms with Crippen molar-refractivity contribution in [1.29, 1.82) is 0 Å². The Morgan fingerprint density at radius 1 is 1.18 bits per heavy atom. The lowest BCUT2D eigenvalue weighted by atomic mass is 9.73. The molecule has 1 aliphatic carbocycles. The SMILES string of the molecule is C=C(CC)CC(NC)C1CCC(C(C)C)CC1. The fraction of sp³-hybridized carbons (Fsp3) is 0.875. The molecule has 0 heterocycles. The highest BCUT2D eigenvalue weighted by atomic mass is 14.9. The van der Waals surface area contributed by atoms with Crippen LogP contribution in [0.15, 0.2) is 12.2 Å². The highest BCUT2D eigenvalue weighted by Crippen LogP contribution is 2.35. The Balaban J connectivity index is 2.42. The van der Waals surface area contributed by atoms with Gasteiger partial charge in [-0.1, -0.05) is 32.9 Å². The summed E-state index contributed by atoms with van der Waals surface area (Å²) in [5.41, 5.74) is 1.40. The Hall–Kier alpha value is -0.300. The molecule has 0 spiro atoms. The van der Waals surface area contributed by atoms with Crippen LogP contribution in [0.3, 0.4) is 0 Å². The molecule has 0 aromatic rings. The standard InChI is InChI=1S/C16H31N/c1-6-13(4)11-16(17-5)15-9-7-14(8-10-15)12(2)3/h12,14-17H,4,6-11H2,1-3,5H3. The van der Waals surface area contributed by atoms with E-state index >= 15 is 0 Å². The summed E-state index contributed by atoms with van der Waals surface area (Å²) in [5.74, 6) is 2.71. The molecule has 0 bridgehead atoms. The van der Waals surface area contributed by atoms with Crippen LogP contribution in [0.25, 0.3) is 0 Å². The molecule has 1 fully saturated rings. The highest BCUT2D eigenvalue weighted by Gasteiger charge is 2.27. The van der Waals surface area contributed by atoms with Gasteiger partial charge in [0.05, 0.1) is 0 Å². The first kappa shape index (κ1) is 14.8. The summed E-state index contributed by atoms with van der Waals surface area (Å²) in [7, 11) is 2.11. The van der Waals surface area contributed by atoms with Crippen LogP contribution in [0.5, 0.6) is 0 Å². The molecule has 0 aliphatic heterocycles. The zero-order chi connectivity index (χ0) is 12.8. The summed E-state index contributed by atoms with van der Waals surface area (Å²) in [5, 5.41) is 3.52. The third-order valence-electron chi connectivity index (χ3n) is 4.71. The van der Waals surface area contributed by atoms with Gasteiger partial charge < -0.3 is 5.32 Å². The number of nitrogens with one attached hydrogen (secondary N) is 1. The van der Waals surface area contributed by atoms with Gasteiger partial charge in [0.2, 0.25) is 0 Å². The monoisotopic (exact) mass is 237 g/mol. The van der Waals surface area contributed by atoms with Gasteiger partial charge in [-0.15, -0.1) is 0 Å². The van der Waals surface area contributed by atoms with Crippen molar-refractivity contribution in [2.24, 2.45) is 17.8 Å². The summed E-state index contributed by atoms with van der Waals surface area (Å²) in [6, 6.07) is 0.663. The summed E-state index contributed by atoms with van der Waals surface area (Å²) in [6.07, 6.45) is 7.97. The second-order valence-corrected chi connectivity index (χ2v) is 6.12. The van der Waals surface area contributed by atoms with Gasteiger partial charge in [-0.25, -0.2) is 0 Å². The molecule has 0 radical (unpaired) electrons. The van der Waals surface area contributed by atoms with Gasteiger partial charge in [-0.3, -0.25) is 0 Å². The summed E-state index contributed by atoms with van der Waals surface area (Å²) in [6.45, 7) is 11.1. The predicted molar refractivity (Wildman–Crippen MR) is 77.2 cm³/mol. The van der Waals surface area contributed by atoms with E-state index in [1.807, 2.05) is 0 Å². The normalized spacial score (nSPS) is 27.1. The van der Waals surface area contributed by atoms with Crippen molar-refractivity contribution in [3.63, 3.8) is 0 Å². The van der Waals surface area contributed by atoms with Crippen LogP contribution in [-0.4, -0.2) is 13.1 Å². The van der Waals surface area contributed by atoms with Crippen molar-refractivity contribution in [2.45, 2.75) is 65.3 Å². The molecule has 1 heteroatoms. The van der Waals surface area contributed by atoms with Crippen LogP contribution in [0.4, 0.5) is 0 Å². The maximum absolute atomic E-state index is 4.16. The maximum atomic E-state index is 4.16. The van der Waals surface area contributed by atoms with E-state index < -0.39 is 0 Å². The van der Waals surface area contributed by atoms with Crippen LogP contribution in [0, 0.1) is 17.8 Å². The molecule has 1 aliphatic rings. The summed E-state index contributed by atoms with van der Waals surface area (Å²) >= 11 is 0. The van der Waals surface area contributed by atoms with Crippen molar-refractivity contribution in [2.75, 3.05) is 7.05 Å². The molecule has 0 aromatic heterocycles. The lowest BCUT2D eigenvalue weighted by Gasteiger charge is -2.35. The molecule has 1 saturated carbocycles. The first-order valence-electron chi connectivity index (χ1n) is 7.42. The second-order valence-electron chi connectivity index (χ2n) is 6.12.